The largest absolute Gasteiger partial charge is 0.478 e. The molecule has 1 aromatic rings. The summed E-state index contributed by atoms with van der Waals surface area (Å²) in [6.07, 6.45) is 0. The van der Waals surface area contributed by atoms with Gasteiger partial charge in [0.05, 0.1) is 0 Å². The van der Waals surface area contributed by atoms with Gasteiger partial charge in [-0.05, 0) is 38.5 Å². The van der Waals surface area contributed by atoms with Crippen LogP contribution in [0.3, 0.4) is 0 Å². The van der Waals surface area contributed by atoms with E-state index in [4.69, 9.17) is 5.11 Å². The molecule has 0 aliphatic rings. The monoisotopic (exact) mass is 290 g/mol. The van der Waals surface area contributed by atoms with E-state index in [-0.39, 0.29) is 17.1 Å². The van der Waals surface area contributed by atoms with Crippen LogP contribution in [0.5, 0.6) is 0 Å². The molecule has 0 spiro atoms. The van der Waals surface area contributed by atoms with Gasteiger partial charge in [-0.25, -0.2) is 4.79 Å². The van der Waals surface area contributed by atoms with Crippen LogP contribution in [-0.2, 0) is 9.59 Å². The van der Waals surface area contributed by atoms with Crippen LogP contribution < -0.4 is 10.6 Å². The fourth-order valence-electron chi connectivity index (χ4n) is 1.59. The zero-order valence-electron chi connectivity index (χ0n) is 12.4. The Morgan fingerprint density at radius 1 is 1.10 bits per heavy atom. The van der Waals surface area contributed by atoms with Crippen LogP contribution >= 0.6 is 0 Å². The zero-order chi connectivity index (χ0) is 16.2. The van der Waals surface area contributed by atoms with Crippen LogP contribution in [0, 0.1) is 6.92 Å². The molecule has 0 radical (unpaired) electrons. The molecule has 6 heteroatoms. The van der Waals surface area contributed by atoms with E-state index in [9.17, 15) is 14.4 Å². The molecule has 0 atom stereocenters. The molecule has 112 valence electrons. The lowest BCUT2D eigenvalue weighted by Gasteiger charge is -2.11. The van der Waals surface area contributed by atoms with E-state index >= 15 is 0 Å². The Morgan fingerprint density at radius 3 is 2.24 bits per heavy atom. The molecule has 1 aromatic carbocycles. The highest BCUT2D eigenvalue weighted by Crippen LogP contribution is 2.18. The van der Waals surface area contributed by atoms with Crippen molar-refractivity contribution in [3.8, 4) is 0 Å². The van der Waals surface area contributed by atoms with Crippen LogP contribution in [0.25, 0.3) is 0 Å². The quantitative estimate of drug-likeness (QED) is 0.736. The molecule has 6 nitrogen and oxygen atoms in total. The normalized spacial score (nSPS) is 11.4. The minimum Gasteiger partial charge on any atom is -0.478 e. The summed E-state index contributed by atoms with van der Waals surface area (Å²) in [7, 11) is 1.52. The molecule has 0 aliphatic carbocycles. The van der Waals surface area contributed by atoms with E-state index in [1.165, 1.54) is 20.9 Å². The summed E-state index contributed by atoms with van der Waals surface area (Å²) < 4.78 is 0. The second-order valence-electron chi connectivity index (χ2n) is 4.62. The van der Waals surface area contributed by atoms with E-state index in [0.717, 1.165) is 5.56 Å². The lowest BCUT2D eigenvalue weighted by Crippen LogP contribution is -2.20. The standard InChI is InChI=1S/C15H18N2O4/c1-8-5-6-11(14(19)16-4)7-12(8)17-13(18)9(2)10(3)15(20)21/h5-7H,1-4H3,(H,16,19)(H,17,18)(H,20,21). The number of amides is 2. The molecule has 0 unspecified atom stereocenters. The summed E-state index contributed by atoms with van der Waals surface area (Å²) in [4.78, 5) is 34.5. The summed E-state index contributed by atoms with van der Waals surface area (Å²) in [6, 6.07) is 4.91. The highest BCUT2D eigenvalue weighted by molar-refractivity contribution is 6.08. The van der Waals surface area contributed by atoms with Gasteiger partial charge in [0.15, 0.2) is 0 Å². The number of carboxylic acid groups (broad SMARTS) is 1. The topological polar surface area (TPSA) is 95.5 Å². The maximum Gasteiger partial charge on any atom is 0.331 e. The number of hydrogen-bond acceptors (Lipinski definition) is 3. The first-order chi connectivity index (χ1) is 9.77. The van der Waals surface area contributed by atoms with E-state index in [0.29, 0.717) is 11.3 Å². The molecule has 21 heavy (non-hydrogen) atoms. The average Bonchev–Trinajstić information content (AvgIpc) is 2.46. The van der Waals surface area contributed by atoms with Crippen LogP contribution in [-0.4, -0.2) is 29.9 Å². The minimum atomic E-state index is -1.14. The first-order valence-corrected chi connectivity index (χ1v) is 6.32. The number of hydrogen-bond donors (Lipinski definition) is 3. The van der Waals surface area contributed by atoms with Crippen molar-refractivity contribution < 1.29 is 19.5 Å². The zero-order valence-corrected chi connectivity index (χ0v) is 12.4. The highest BCUT2D eigenvalue weighted by Gasteiger charge is 2.14. The van der Waals surface area contributed by atoms with Crippen molar-refractivity contribution in [1.29, 1.82) is 0 Å². The molecule has 0 bridgehead atoms. The minimum absolute atomic E-state index is 0.0207. The Hall–Kier alpha value is -2.63. The van der Waals surface area contributed by atoms with Crippen LogP contribution in [0.15, 0.2) is 29.3 Å². The number of carbonyl (C=O) groups excluding carboxylic acids is 2. The van der Waals surface area contributed by atoms with Gasteiger partial charge >= 0.3 is 5.97 Å². The Morgan fingerprint density at radius 2 is 1.71 bits per heavy atom. The molecule has 0 fully saturated rings. The fraction of sp³-hybridized carbons (Fsp3) is 0.267. The molecule has 0 aliphatic heterocycles. The summed E-state index contributed by atoms with van der Waals surface area (Å²) in [5, 5.41) is 14.0. The van der Waals surface area contributed by atoms with Crippen molar-refractivity contribution >= 4 is 23.5 Å². The number of nitrogens with one attached hydrogen (secondary N) is 2. The molecule has 2 amide bonds. The Bertz CT molecular complexity index is 633. The van der Waals surface area contributed by atoms with Crippen LogP contribution in [0.4, 0.5) is 5.69 Å². The van der Waals surface area contributed by atoms with Gasteiger partial charge in [0.2, 0.25) is 0 Å². The number of carboxylic acids is 1. The summed E-state index contributed by atoms with van der Waals surface area (Å²) in [6.45, 7) is 4.59. The average molecular weight is 290 g/mol. The van der Waals surface area contributed by atoms with E-state index < -0.39 is 11.9 Å². The Kier molecular flexibility index (Phi) is 5.24. The van der Waals surface area contributed by atoms with Crippen molar-refractivity contribution in [2.24, 2.45) is 0 Å². The van der Waals surface area contributed by atoms with E-state index in [2.05, 4.69) is 10.6 Å². The van der Waals surface area contributed by atoms with Gasteiger partial charge in [0.25, 0.3) is 11.8 Å². The Labute approximate surface area is 122 Å². The number of carbonyl (C=O) groups is 3. The third-order valence-corrected chi connectivity index (χ3v) is 3.20. The second-order valence-corrected chi connectivity index (χ2v) is 4.62. The van der Waals surface area contributed by atoms with E-state index in [1.54, 1.807) is 25.1 Å². The third-order valence-electron chi connectivity index (χ3n) is 3.20. The third kappa shape index (κ3) is 3.92. The first-order valence-electron chi connectivity index (χ1n) is 6.32. The van der Waals surface area contributed by atoms with Crippen LogP contribution in [0.1, 0.15) is 29.8 Å². The Balaban J connectivity index is 3.08. The molecule has 3 N–H and O–H groups in total. The first kappa shape index (κ1) is 16.4. The summed E-state index contributed by atoms with van der Waals surface area (Å²) in [5.74, 6) is -1.91. The van der Waals surface area contributed by atoms with Gasteiger partial charge in [-0.15, -0.1) is 0 Å². The molecule has 1 rings (SSSR count). The second kappa shape index (κ2) is 6.69. The van der Waals surface area contributed by atoms with Gasteiger partial charge in [0.1, 0.15) is 0 Å². The maximum absolute atomic E-state index is 12.0. The van der Waals surface area contributed by atoms with Crippen molar-refractivity contribution in [3.05, 3.63) is 40.5 Å². The lowest BCUT2D eigenvalue weighted by atomic mass is 10.1. The number of aryl methyl sites for hydroxylation is 1. The van der Waals surface area contributed by atoms with Crippen LogP contribution in [0.2, 0.25) is 0 Å². The highest BCUT2D eigenvalue weighted by atomic mass is 16.4. The lowest BCUT2D eigenvalue weighted by molar-refractivity contribution is -0.133. The van der Waals surface area contributed by atoms with Gasteiger partial charge in [-0.2, -0.15) is 0 Å². The maximum atomic E-state index is 12.0. The predicted octanol–water partition coefficient (Wildman–Crippen LogP) is 1.71. The van der Waals surface area contributed by atoms with Gasteiger partial charge < -0.3 is 15.7 Å². The summed E-state index contributed by atoms with van der Waals surface area (Å²) >= 11 is 0. The van der Waals surface area contributed by atoms with Gasteiger partial charge in [-0.1, -0.05) is 6.07 Å². The number of rotatable bonds is 4. The predicted molar refractivity (Wildman–Crippen MR) is 79.2 cm³/mol. The molecular weight excluding hydrogens is 272 g/mol. The van der Waals surface area contributed by atoms with Crippen molar-refractivity contribution in [1.82, 2.24) is 5.32 Å². The number of anilines is 1. The smallest absolute Gasteiger partial charge is 0.331 e. The molecule has 0 aromatic heterocycles. The SMILES string of the molecule is CNC(=O)c1ccc(C)c(NC(=O)C(C)=C(C)C(=O)O)c1. The summed E-state index contributed by atoms with van der Waals surface area (Å²) in [5.41, 5.74) is 1.75. The fourth-order valence-corrected chi connectivity index (χ4v) is 1.59. The van der Waals surface area contributed by atoms with Gasteiger partial charge in [0, 0.05) is 29.4 Å². The van der Waals surface area contributed by atoms with Crippen molar-refractivity contribution in [2.75, 3.05) is 12.4 Å². The molecule has 0 heterocycles. The van der Waals surface area contributed by atoms with Crippen molar-refractivity contribution in [2.45, 2.75) is 20.8 Å². The van der Waals surface area contributed by atoms with Gasteiger partial charge in [-0.3, -0.25) is 9.59 Å². The molecular formula is C15H18N2O4. The molecule has 0 saturated heterocycles. The molecule has 0 saturated carbocycles. The number of benzene rings is 1. The number of aliphatic carboxylic acids is 1. The van der Waals surface area contributed by atoms with E-state index in [1.807, 2.05) is 0 Å². The van der Waals surface area contributed by atoms with Crippen molar-refractivity contribution in [3.63, 3.8) is 0 Å².